The molecule has 20 heavy (non-hydrogen) atoms. The number of likely N-dealkylation sites (tertiary alicyclic amines) is 1. The smallest absolute Gasteiger partial charge is 0.410 e. The minimum atomic E-state index is -4.23. The Hall–Kier alpha value is -0.500. The summed E-state index contributed by atoms with van der Waals surface area (Å²) < 4.78 is 46.5. The molecule has 1 rings (SSSR count). The molecule has 1 amide bonds. The predicted molar refractivity (Wildman–Crippen MR) is 70.9 cm³/mol. The summed E-state index contributed by atoms with van der Waals surface area (Å²) in [5.74, 6) is 0. The second kappa shape index (κ2) is 6.51. The molecule has 0 aromatic carbocycles. The number of nitrogens with zero attached hydrogens (tertiary/aromatic N) is 1. The van der Waals surface area contributed by atoms with Gasteiger partial charge in [-0.25, -0.2) is 4.79 Å². The van der Waals surface area contributed by atoms with Crippen molar-refractivity contribution in [2.75, 3.05) is 19.7 Å². The van der Waals surface area contributed by atoms with E-state index in [-0.39, 0.29) is 11.4 Å². The lowest BCUT2D eigenvalue weighted by atomic mass is 10.2. The molecule has 0 aliphatic carbocycles. The molecule has 4 nitrogen and oxygen atoms in total. The van der Waals surface area contributed by atoms with E-state index in [9.17, 15) is 18.0 Å². The summed E-state index contributed by atoms with van der Waals surface area (Å²) >= 11 is 3.32. The minimum Gasteiger partial charge on any atom is -0.444 e. The molecule has 1 fully saturated rings. The molecule has 118 valence electrons. The Kier molecular flexibility index (Phi) is 5.71. The van der Waals surface area contributed by atoms with Gasteiger partial charge in [-0.05, 0) is 20.8 Å². The van der Waals surface area contributed by atoms with Gasteiger partial charge in [0.05, 0.1) is 30.5 Å². The minimum absolute atomic E-state index is 0.191. The van der Waals surface area contributed by atoms with Crippen molar-refractivity contribution in [1.82, 2.24) is 4.90 Å². The number of hydrogen-bond acceptors (Lipinski definition) is 3. The van der Waals surface area contributed by atoms with Gasteiger partial charge < -0.3 is 14.4 Å². The second-order valence-corrected chi connectivity index (χ2v) is 6.85. The van der Waals surface area contributed by atoms with E-state index in [1.165, 1.54) is 4.90 Å². The fourth-order valence-electron chi connectivity index (χ4n) is 1.69. The molecule has 1 aliphatic rings. The van der Waals surface area contributed by atoms with E-state index in [0.717, 1.165) is 0 Å². The summed E-state index contributed by atoms with van der Waals surface area (Å²) in [5.41, 5.74) is -0.603. The van der Waals surface area contributed by atoms with Crippen LogP contribution in [-0.4, -0.2) is 53.4 Å². The largest absolute Gasteiger partial charge is 0.444 e. The Balaban J connectivity index is 2.41. The first-order chi connectivity index (χ1) is 8.98. The lowest BCUT2D eigenvalue weighted by Crippen LogP contribution is -2.36. The molecule has 0 radical (unpaired) electrons. The van der Waals surface area contributed by atoms with E-state index in [2.05, 4.69) is 15.9 Å². The maximum Gasteiger partial charge on any atom is 0.410 e. The number of alkyl halides is 4. The summed E-state index contributed by atoms with van der Waals surface area (Å²) in [4.78, 5) is 13.1. The van der Waals surface area contributed by atoms with Crippen LogP contribution in [0.25, 0.3) is 0 Å². The van der Waals surface area contributed by atoms with Crippen LogP contribution in [0, 0.1) is 0 Å². The molecule has 2 atom stereocenters. The van der Waals surface area contributed by atoms with Gasteiger partial charge in [0, 0.05) is 6.54 Å². The van der Waals surface area contributed by atoms with Crippen molar-refractivity contribution in [1.29, 1.82) is 0 Å². The van der Waals surface area contributed by atoms with Crippen LogP contribution in [-0.2, 0) is 9.47 Å². The first-order valence-electron chi connectivity index (χ1n) is 6.28. The zero-order valence-electron chi connectivity index (χ0n) is 11.7. The maximum absolute atomic E-state index is 12.0. The third-order valence-electron chi connectivity index (χ3n) is 2.57. The maximum atomic E-state index is 12.0. The van der Waals surface area contributed by atoms with Gasteiger partial charge in [0.1, 0.15) is 5.60 Å². The zero-order chi connectivity index (χ0) is 15.6. The molecule has 0 aromatic rings. The zero-order valence-corrected chi connectivity index (χ0v) is 13.3. The van der Waals surface area contributed by atoms with Gasteiger partial charge in [-0.1, -0.05) is 15.9 Å². The Morgan fingerprint density at radius 3 is 2.40 bits per heavy atom. The van der Waals surface area contributed by atoms with Crippen LogP contribution >= 0.6 is 15.9 Å². The first-order valence-corrected chi connectivity index (χ1v) is 7.20. The molecule has 2 unspecified atom stereocenters. The summed E-state index contributed by atoms with van der Waals surface area (Å²) in [6.45, 7) is 5.43. The topological polar surface area (TPSA) is 38.8 Å². The van der Waals surface area contributed by atoms with Crippen LogP contribution in [0.3, 0.4) is 0 Å². The van der Waals surface area contributed by atoms with Crippen molar-refractivity contribution in [3.05, 3.63) is 0 Å². The molecule has 8 heteroatoms. The molecule has 1 aliphatic heterocycles. The molecule has 0 N–H and O–H groups in total. The average Bonchev–Trinajstić information content (AvgIpc) is 2.56. The second-order valence-electron chi connectivity index (χ2n) is 5.68. The predicted octanol–water partition coefficient (Wildman–Crippen LogP) is 3.34. The van der Waals surface area contributed by atoms with E-state index in [1.54, 1.807) is 20.8 Å². The van der Waals surface area contributed by atoms with Gasteiger partial charge >= 0.3 is 12.3 Å². The van der Waals surface area contributed by atoms with E-state index in [0.29, 0.717) is 6.54 Å². The van der Waals surface area contributed by atoms with Gasteiger partial charge in [0.2, 0.25) is 0 Å². The third kappa shape index (κ3) is 6.30. The van der Waals surface area contributed by atoms with Crippen molar-refractivity contribution in [3.63, 3.8) is 0 Å². The number of halogens is 4. The summed E-state index contributed by atoms with van der Waals surface area (Å²) in [5, 5.41) is 0. The summed E-state index contributed by atoms with van der Waals surface area (Å²) in [6.07, 6.45) is -6.16. The fourth-order valence-corrected chi connectivity index (χ4v) is 2.36. The third-order valence-corrected chi connectivity index (χ3v) is 3.45. The molecular formula is C12H19BrF3NO3. The lowest BCUT2D eigenvalue weighted by Gasteiger charge is -2.24. The van der Waals surface area contributed by atoms with Crippen molar-refractivity contribution in [2.45, 2.75) is 49.9 Å². The highest BCUT2D eigenvalue weighted by atomic mass is 79.9. The van der Waals surface area contributed by atoms with Crippen LogP contribution in [0.1, 0.15) is 27.2 Å². The standard InChI is InChI=1S/C12H19BrF3NO3/c1-11(2,3)20-10(18)17-6-8(13)9(7-17)19-5-4-12(14,15)16/h8-9H,4-7H2,1-3H3. The van der Waals surface area contributed by atoms with Crippen molar-refractivity contribution < 1.29 is 27.4 Å². The highest BCUT2D eigenvalue weighted by Crippen LogP contribution is 2.25. The number of rotatable bonds is 3. The number of amides is 1. The van der Waals surface area contributed by atoms with Crippen LogP contribution in [0.4, 0.5) is 18.0 Å². The Morgan fingerprint density at radius 2 is 1.90 bits per heavy atom. The van der Waals surface area contributed by atoms with Crippen LogP contribution in [0.2, 0.25) is 0 Å². The Morgan fingerprint density at radius 1 is 1.30 bits per heavy atom. The quantitative estimate of drug-likeness (QED) is 0.723. The molecular weight excluding hydrogens is 343 g/mol. The Labute approximate surface area is 124 Å². The lowest BCUT2D eigenvalue weighted by molar-refractivity contribution is -0.148. The van der Waals surface area contributed by atoms with Gasteiger partial charge in [0.25, 0.3) is 0 Å². The van der Waals surface area contributed by atoms with Gasteiger partial charge in [0.15, 0.2) is 0 Å². The van der Waals surface area contributed by atoms with Gasteiger partial charge in [-0.3, -0.25) is 0 Å². The van der Waals surface area contributed by atoms with Gasteiger partial charge in [-0.2, -0.15) is 13.2 Å². The SMILES string of the molecule is CC(C)(C)OC(=O)N1CC(Br)C(OCCC(F)(F)F)C1. The van der Waals surface area contributed by atoms with E-state index in [4.69, 9.17) is 9.47 Å². The van der Waals surface area contributed by atoms with Crippen molar-refractivity contribution in [3.8, 4) is 0 Å². The number of carbonyl (C=O) groups is 1. The number of ether oxygens (including phenoxy) is 2. The highest BCUT2D eigenvalue weighted by Gasteiger charge is 2.37. The Bertz CT molecular complexity index is 344. The molecule has 0 aromatic heterocycles. The van der Waals surface area contributed by atoms with E-state index >= 15 is 0 Å². The van der Waals surface area contributed by atoms with E-state index in [1.807, 2.05) is 0 Å². The number of hydrogen-bond donors (Lipinski definition) is 0. The van der Waals surface area contributed by atoms with Crippen LogP contribution in [0.5, 0.6) is 0 Å². The van der Waals surface area contributed by atoms with Crippen LogP contribution in [0.15, 0.2) is 0 Å². The van der Waals surface area contributed by atoms with Crippen LogP contribution < -0.4 is 0 Å². The van der Waals surface area contributed by atoms with Gasteiger partial charge in [-0.15, -0.1) is 0 Å². The fraction of sp³-hybridized carbons (Fsp3) is 0.917. The normalized spacial score (nSPS) is 24.1. The number of carbonyl (C=O) groups excluding carboxylic acids is 1. The molecule has 0 spiro atoms. The van der Waals surface area contributed by atoms with Crippen molar-refractivity contribution >= 4 is 22.0 Å². The average molecular weight is 362 g/mol. The van der Waals surface area contributed by atoms with Crippen molar-refractivity contribution in [2.24, 2.45) is 0 Å². The monoisotopic (exact) mass is 361 g/mol. The molecule has 0 bridgehead atoms. The summed E-state index contributed by atoms with van der Waals surface area (Å²) in [7, 11) is 0. The first kappa shape index (κ1) is 17.6. The molecule has 0 saturated carbocycles. The molecule has 1 saturated heterocycles. The summed E-state index contributed by atoms with van der Waals surface area (Å²) in [6, 6.07) is 0. The van der Waals surface area contributed by atoms with E-state index < -0.39 is 37.0 Å². The highest BCUT2D eigenvalue weighted by molar-refractivity contribution is 9.09. The molecule has 1 heterocycles.